The summed E-state index contributed by atoms with van der Waals surface area (Å²) in [5.74, 6) is -3.49. The van der Waals surface area contributed by atoms with E-state index in [0.717, 1.165) is 27.6 Å². The summed E-state index contributed by atoms with van der Waals surface area (Å²) in [6.07, 6.45) is 1.42. The van der Waals surface area contributed by atoms with Crippen LogP contribution >= 0.6 is 22.7 Å². The van der Waals surface area contributed by atoms with Crippen molar-refractivity contribution in [1.82, 2.24) is 9.97 Å². The van der Waals surface area contributed by atoms with Gasteiger partial charge in [0.05, 0.1) is 15.8 Å². The molecule has 0 radical (unpaired) electrons. The number of hydrogen-bond acceptors (Lipinski definition) is 7. The van der Waals surface area contributed by atoms with Crippen molar-refractivity contribution in [2.24, 2.45) is 0 Å². The van der Waals surface area contributed by atoms with E-state index in [0.29, 0.717) is 10.2 Å². The van der Waals surface area contributed by atoms with Crippen molar-refractivity contribution >= 4 is 49.7 Å². The van der Waals surface area contributed by atoms with Crippen LogP contribution in [0.4, 0.5) is 13.9 Å². The minimum atomic E-state index is -1.25. The number of aliphatic hydroxyl groups excluding tert-OH is 1. The molecule has 0 aliphatic carbocycles. The van der Waals surface area contributed by atoms with Crippen molar-refractivity contribution in [2.45, 2.75) is 6.04 Å². The van der Waals surface area contributed by atoms with Crippen LogP contribution in [0, 0.1) is 11.6 Å². The van der Waals surface area contributed by atoms with Gasteiger partial charge < -0.3 is 5.11 Å². The zero-order chi connectivity index (χ0) is 21.7. The van der Waals surface area contributed by atoms with Gasteiger partial charge in [-0.1, -0.05) is 29.5 Å². The van der Waals surface area contributed by atoms with E-state index in [-0.39, 0.29) is 21.3 Å². The average Bonchev–Trinajstić information content (AvgIpc) is 3.47. The molecule has 3 heterocycles. The van der Waals surface area contributed by atoms with E-state index in [9.17, 15) is 23.5 Å². The summed E-state index contributed by atoms with van der Waals surface area (Å²) in [4.78, 5) is 35.5. The second-order valence-electron chi connectivity index (χ2n) is 6.64. The number of aromatic nitrogens is 2. The monoisotopic (exact) mass is 455 g/mol. The van der Waals surface area contributed by atoms with Crippen LogP contribution in [0.5, 0.6) is 0 Å². The van der Waals surface area contributed by atoms with E-state index in [1.807, 2.05) is 0 Å². The number of nitrogens with zero attached hydrogens (tertiary/aromatic N) is 3. The fourth-order valence-electron chi connectivity index (χ4n) is 3.47. The summed E-state index contributed by atoms with van der Waals surface area (Å²) in [6.45, 7) is 0. The molecule has 1 N–H and O–H groups in total. The summed E-state index contributed by atoms with van der Waals surface area (Å²) < 4.78 is 28.9. The van der Waals surface area contributed by atoms with Crippen molar-refractivity contribution in [3.05, 3.63) is 87.6 Å². The maximum Gasteiger partial charge on any atom is 0.296 e. The molecule has 1 atom stereocenters. The highest BCUT2D eigenvalue weighted by Crippen LogP contribution is 2.44. The van der Waals surface area contributed by atoms with E-state index in [4.69, 9.17) is 0 Å². The Morgan fingerprint density at radius 2 is 1.97 bits per heavy atom. The molecule has 6 nitrogen and oxygen atoms in total. The van der Waals surface area contributed by atoms with E-state index in [2.05, 4.69) is 9.97 Å². The minimum absolute atomic E-state index is 0.0187. The number of thiazole rings is 2. The molecule has 1 amide bonds. The van der Waals surface area contributed by atoms with Crippen LogP contribution in [0.1, 0.15) is 21.4 Å². The number of fused-ring (bicyclic) bond motifs is 1. The van der Waals surface area contributed by atoms with Gasteiger partial charge >= 0.3 is 0 Å². The number of aliphatic hydroxyl groups is 1. The van der Waals surface area contributed by atoms with Crippen LogP contribution in [0.3, 0.4) is 0 Å². The van der Waals surface area contributed by atoms with Gasteiger partial charge in [-0.25, -0.2) is 18.7 Å². The Bertz CT molecular complexity index is 1380. The third-order valence-electron chi connectivity index (χ3n) is 4.82. The van der Waals surface area contributed by atoms with Crippen molar-refractivity contribution in [1.29, 1.82) is 0 Å². The number of Topliss-reactive ketones (excluding diaryl/α,β-unsaturated/α-hetero) is 1. The number of amides is 1. The Morgan fingerprint density at radius 3 is 2.71 bits per heavy atom. The predicted octanol–water partition coefficient (Wildman–Crippen LogP) is 4.81. The summed E-state index contributed by atoms with van der Waals surface area (Å²) in [6, 6.07) is 8.38. The lowest BCUT2D eigenvalue weighted by Gasteiger charge is -2.24. The molecule has 2 aromatic carbocycles. The summed E-state index contributed by atoms with van der Waals surface area (Å²) in [7, 11) is 0. The molecular formula is C21H11F2N3O3S2. The number of hydrogen-bond donors (Lipinski definition) is 1. The molecule has 5 rings (SSSR count). The van der Waals surface area contributed by atoms with Crippen LogP contribution < -0.4 is 4.90 Å². The Hall–Kier alpha value is -3.50. The third kappa shape index (κ3) is 3.11. The van der Waals surface area contributed by atoms with Crippen LogP contribution in [0.15, 0.2) is 65.4 Å². The molecule has 154 valence electrons. The first-order valence-corrected chi connectivity index (χ1v) is 10.7. The first kappa shape index (κ1) is 19.5. The lowest BCUT2D eigenvalue weighted by atomic mass is 9.96. The molecule has 1 aliphatic rings. The summed E-state index contributed by atoms with van der Waals surface area (Å²) in [5, 5.41) is 12.4. The smallest absolute Gasteiger partial charge is 0.296 e. The van der Waals surface area contributed by atoms with Gasteiger partial charge in [0.25, 0.3) is 5.91 Å². The number of carbonyl (C=O) groups excluding carboxylic acids is 2. The maximum atomic E-state index is 14.8. The van der Waals surface area contributed by atoms with Crippen LogP contribution in [-0.4, -0.2) is 26.8 Å². The molecule has 1 unspecified atom stereocenters. The normalized spacial score (nSPS) is 16.5. The quantitative estimate of drug-likeness (QED) is 0.447. The Balaban J connectivity index is 1.71. The van der Waals surface area contributed by atoms with E-state index in [1.165, 1.54) is 42.6 Å². The fourth-order valence-corrected chi connectivity index (χ4v) is 5.07. The standard InChI is InChI=1S/C21H11F2N3O3S2/c22-10-5-6-13-14(9-10)31-21(25-13)26-16(11-3-1-2-4-12(11)23)15(18(28)20(26)29)17(27)19-24-7-8-30-19/h1-9,16,28H. The predicted molar refractivity (Wildman–Crippen MR) is 112 cm³/mol. The van der Waals surface area contributed by atoms with Crippen LogP contribution in [0.2, 0.25) is 0 Å². The number of halogens is 2. The second kappa shape index (κ2) is 7.33. The van der Waals surface area contributed by atoms with Gasteiger partial charge in [0, 0.05) is 17.1 Å². The number of rotatable bonds is 4. The van der Waals surface area contributed by atoms with E-state index < -0.39 is 35.1 Å². The minimum Gasteiger partial charge on any atom is -0.503 e. The summed E-state index contributed by atoms with van der Waals surface area (Å²) >= 11 is 2.04. The summed E-state index contributed by atoms with van der Waals surface area (Å²) in [5.41, 5.74) is 0.168. The van der Waals surface area contributed by atoms with Gasteiger partial charge in [0.1, 0.15) is 17.7 Å². The van der Waals surface area contributed by atoms with Gasteiger partial charge in [-0.3, -0.25) is 14.5 Å². The van der Waals surface area contributed by atoms with Gasteiger partial charge in [-0.05, 0) is 24.3 Å². The Kier molecular flexibility index (Phi) is 4.60. The lowest BCUT2D eigenvalue weighted by molar-refractivity contribution is -0.117. The highest BCUT2D eigenvalue weighted by atomic mass is 32.1. The van der Waals surface area contributed by atoms with Gasteiger partial charge in [-0.2, -0.15) is 0 Å². The molecular weight excluding hydrogens is 444 g/mol. The van der Waals surface area contributed by atoms with Crippen LogP contribution in [0.25, 0.3) is 10.2 Å². The topological polar surface area (TPSA) is 83.4 Å². The third-order valence-corrected chi connectivity index (χ3v) is 6.61. The zero-order valence-corrected chi connectivity index (χ0v) is 17.1. The maximum absolute atomic E-state index is 14.8. The van der Waals surface area contributed by atoms with Crippen molar-refractivity contribution < 1.29 is 23.5 Å². The molecule has 0 spiro atoms. The number of carbonyl (C=O) groups is 2. The average molecular weight is 455 g/mol. The fraction of sp³-hybridized carbons (Fsp3) is 0.0476. The number of anilines is 1. The van der Waals surface area contributed by atoms with Crippen molar-refractivity contribution in [3.63, 3.8) is 0 Å². The molecule has 0 bridgehead atoms. The highest BCUT2D eigenvalue weighted by molar-refractivity contribution is 7.22. The molecule has 4 aromatic rings. The largest absolute Gasteiger partial charge is 0.503 e. The van der Waals surface area contributed by atoms with Gasteiger partial charge in [0.15, 0.2) is 15.9 Å². The molecule has 0 saturated heterocycles. The molecule has 2 aromatic heterocycles. The van der Waals surface area contributed by atoms with Crippen LogP contribution in [-0.2, 0) is 4.79 Å². The first-order chi connectivity index (χ1) is 15.0. The van der Waals surface area contributed by atoms with E-state index in [1.54, 1.807) is 11.4 Å². The molecule has 31 heavy (non-hydrogen) atoms. The van der Waals surface area contributed by atoms with E-state index >= 15 is 0 Å². The number of benzene rings is 2. The zero-order valence-electron chi connectivity index (χ0n) is 15.5. The first-order valence-electron chi connectivity index (χ1n) is 8.97. The Labute approximate surface area is 181 Å². The van der Waals surface area contributed by atoms with Crippen molar-refractivity contribution in [2.75, 3.05) is 4.90 Å². The van der Waals surface area contributed by atoms with Gasteiger partial charge in [0.2, 0.25) is 5.78 Å². The second-order valence-corrected chi connectivity index (χ2v) is 8.54. The molecule has 10 heteroatoms. The SMILES string of the molecule is O=C(C1=C(O)C(=O)N(c2nc3ccc(F)cc3s2)C1c1ccccc1F)c1nccs1. The van der Waals surface area contributed by atoms with Crippen molar-refractivity contribution in [3.8, 4) is 0 Å². The molecule has 0 fully saturated rings. The molecule has 0 saturated carbocycles. The molecule has 1 aliphatic heterocycles. The highest BCUT2D eigenvalue weighted by Gasteiger charge is 2.47. The van der Waals surface area contributed by atoms with Gasteiger partial charge in [-0.15, -0.1) is 11.3 Å². The lowest BCUT2D eigenvalue weighted by Crippen LogP contribution is -2.31. The Morgan fingerprint density at radius 1 is 1.16 bits per heavy atom. The number of ketones is 1.